The number of benzene rings is 7. The summed E-state index contributed by atoms with van der Waals surface area (Å²) in [6.45, 7) is 31.7. The maximum absolute atomic E-state index is 12.4. The second kappa shape index (κ2) is 59.9. The molecule has 9 aromatic rings. The number of nitriles is 1. The van der Waals surface area contributed by atoms with Crippen molar-refractivity contribution in [2.75, 3.05) is 41.3 Å². The molecule has 3 amide bonds. The van der Waals surface area contributed by atoms with E-state index in [0.717, 1.165) is 38.9 Å². The normalized spacial score (nSPS) is 10.9. The third kappa shape index (κ3) is 49.3. The van der Waals surface area contributed by atoms with Crippen LogP contribution in [-0.4, -0.2) is 142 Å². The minimum atomic E-state index is -0.688. The molecule has 0 saturated heterocycles. The number of ether oxygens (including phenoxy) is 8. The van der Waals surface area contributed by atoms with E-state index in [2.05, 4.69) is 70.6 Å². The van der Waals surface area contributed by atoms with Gasteiger partial charge in [0.15, 0.2) is 17.8 Å². The van der Waals surface area contributed by atoms with E-state index >= 15 is 0 Å². The Morgan fingerprint density at radius 1 is 0.415 bits per heavy atom. The summed E-state index contributed by atoms with van der Waals surface area (Å²) >= 11 is 0. The van der Waals surface area contributed by atoms with Crippen molar-refractivity contribution in [1.29, 1.82) is 5.26 Å². The number of aliphatic imine (C=N–C) groups is 5. The van der Waals surface area contributed by atoms with Gasteiger partial charge < -0.3 is 66.1 Å². The maximum Gasteiger partial charge on any atom is 0.415 e. The highest BCUT2D eigenvalue weighted by atomic mass is 35.5. The Morgan fingerprint density at radius 3 is 0.978 bits per heavy atom. The molecule has 0 fully saturated rings. The van der Waals surface area contributed by atoms with Gasteiger partial charge >= 0.3 is 18.3 Å². The van der Waals surface area contributed by atoms with E-state index in [0.29, 0.717) is 65.8 Å². The van der Waals surface area contributed by atoms with Crippen molar-refractivity contribution in [2.45, 2.75) is 138 Å². The van der Waals surface area contributed by atoms with Crippen molar-refractivity contribution in [2.24, 2.45) is 42.2 Å². The Morgan fingerprint density at radius 2 is 0.696 bits per heavy atom. The number of carbonyl (C=O) groups is 5. The Bertz CT molecular complexity index is 5720. The number of Topliss-reactive ketones (excluding diaryl/α,β-unsaturated/α-hetero) is 2. The van der Waals surface area contributed by atoms with Gasteiger partial charge in [-0.1, -0.05) is 121 Å². The number of nitrogens with two attached hydrogens (primary N) is 4. The smallest absolute Gasteiger partial charge is 0.415 e. The molecule has 0 aliphatic rings. The number of amides is 3. The molecule has 9 rings (SSSR count). The van der Waals surface area contributed by atoms with Gasteiger partial charge in [-0.2, -0.15) is 5.26 Å². The number of aromatic nitrogens is 2. The fraction of sp³-hybridized carbons (Fsp3) is 0.286. The van der Waals surface area contributed by atoms with Gasteiger partial charge in [0.25, 0.3) is 52.9 Å². The van der Waals surface area contributed by atoms with Crippen LogP contribution in [0.5, 0.6) is 0 Å². The molecular formula is C91H107ClN22O21. The molecule has 2 aromatic heterocycles. The lowest BCUT2D eigenvalue weighted by Crippen LogP contribution is -2.37. The average molecular weight is 1880 g/mol. The highest BCUT2D eigenvalue weighted by molar-refractivity contribution is 5.97. The summed E-state index contributed by atoms with van der Waals surface area (Å²) in [7, 11) is 7.04. The summed E-state index contributed by atoms with van der Waals surface area (Å²) in [5.74, 6) is -0.241. The summed E-state index contributed by atoms with van der Waals surface area (Å²) < 4.78 is 39.8. The molecule has 0 saturated carbocycles. The first kappa shape index (κ1) is 114. The highest BCUT2D eigenvalue weighted by Gasteiger charge is 2.22. The second-order valence-electron chi connectivity index (χ2n) is 30.1. The molecule has 7 aromatic carbocycles. The van der Waals surface area contributed by atoms with Gasteiger partial charge in [-0.05, 0) is 137 Å². The van der Waals surface area contributed by atoms with E-state index < -0.39 is 54.8 Å². The number of non-ortho nitro benzene ring substituents is 4. The number of nitrogens with one attached hydrogen (secondary N) is 4. The third-order valence-corrected chi connectivity index (χ3v) is 16.0. The number of rotatable bonds is 23. The first-order valence-corrected chi connectivity index (χ1v) is 39.9. The minimum absolute atomic E-state index is 0. The van der Waals surface area contributed by atoms with Crippen LogP contribution in [0.4, 0.5) is 54.2 Å². The van der Waals surface area contributed by atoms with Crippen LogP contribution in [0.3, 0.4) is 0 Å². The molecule has 2 heterocycles. The van der Waals surface area contributed by atoms with Gasteiger partial charge in [0.2, 0.25) is 11.4 Å². The lowest BCUT2D eigenvalue weighted by atomic mass is 10.0. The third-order valence-electron chi connectivity index (χ3n) is 16.0. The van der Waals surface area contributed by atoms with Gasteiger partial charge in [-0.15, -0.1) is 12.4 Å². The molecule has 714 valence electrons. The number of halogens is 1. The van der Waals surface area contributed by atoms with Gasteiger partial charge in [-0.25, -0.2) is 65.0 Å². The molecule has 0 bridgehead atoms. The second-order valence-corrected chi connectivity index (χ2v) is 30.1. The van der Waals surface area contributed by atoms with Crippen LogP contribution < -0.4 is 44.2 Å². The van der Waals surface area contributed by atoms with Crippen molar-refractivity contribution in [3.63, 3.8) is 0 Å². The summed E-state index contributed by atoms with van der Waals surface area (Å²) in [5.41, 5.74) is 29.4. The number of nitrogen functional groups attached to an aromatic ring is 1. The summed E-state index contributed by atoms with van der Waals surface area (Å²) in [4.78, 5) is 135. The highest BCUT2D eigenvalue weighted by Crippen LogP contribution is 2.21. The monoisotopic (exact) mass is 1880 g/mol. The number of anilines is 1. The number of amidine groups is 5. The number of carbonyl (C=O) groups excluding carboxylic acids is 5. The van der Waals surface area contributed by atoms with E-state index in [1.54, 1.807) is 147 Å². The lowest BCUT2D eigenvalue weighted by molar-refractivity contribution is -0.385. The van der Waals surface area contributed by atoms with Crippen molar-refractivity contribution in [3.05, 3.63) is 331 Å². The van der Waals surface area contributed by atoms with Crippen molar-refractivity contribution in [1.82, 2.24) is 31.2 Å². The number of alkyl carbamates (subject to hydrolysis) is 3. The lowest BCUT2D eigenvalue weighted by Gasteiger charge is -2.19. The number of nitro groups is 4. The van der Waals surface area contributed by atoms with Crippen molar-refractivity contribution < 1.29 is 81.6 Å². The zero-order chi connectivity index (χ0) is 99.9. The fourth-order valence-corrected chi connectivity index (χ4v) is 10.0. The Kier molecular flexibility index (Phi) is 50.5. The molecule has 43 nitrogen and oxygen atoms in total. The van der Waals surface area contributed by atoms with E-state index in [9.17, 15) is 64.4 Å². The van der Waals surface area contributed by atoms with Crippen LogP contribution in [0, 0.1) is 65.1 Å². The zero-order valence-electron chi connectivity index (χ0n) is 76.5. The molecule has 12 N–H and O–H groups in total. The molecule has 0 radical (unpaired) electrons. The maximum atomic E-state index is 12.4. The summed E-state index contributed by atoms with van der Waals surface area (Å²) in [6.07, 6.45) is 3.00. The Hall–Kier alpha value is -17.1. The van der Waals surface area contributed by atoms with Crippen LogP contribution in [0.1, 0.15) is 133 Å². The van der Waals surface area contributed by atoms with Crippen LogP contribution in [0.2, 0.25) is 0 Å². The number of pyridine rings is 2. The van der Waals surface area contributed by atoms with Gasteiger partial charge in [0.05, 0.1) is 108 Å². The van der Waals surface area contributed by atoms with Crippen molar-refractivity contribution in [3.8, 4) is 6.19 Å². The predicted octanol–water partition coefficient (Wildman–Crippen LogP) is 15.2. The number of nitro benzene ring substituents is 4. The van der Waals surface area contributed by atoms with Crippen molar-refractivity contribution >= 4 is 112 Å². The Balaban J connectivity index is 0.000000543. The Labute approximate surface area is 785 Å². The SMILES string of the molecule is COC(=NCc1cccc(N)c1)NC(=O)OC(C)(C)C.COC(=NCc1cccc([N+](=O)[O-])c1)NC(=O)OC(C)(C)C.COC(N)=NCc1cccc([N+](=O)[O-])c1.Cl.N#CNCc1cccc([N+](=O)[O-])c1.NCc1cccc([N+](=O)[O-])c1.[C-]#[N+]c1ccc(C(=O)Cc2cccc(CN=C(N)OC)c2)nc1.[C-]#[N+]c1ccc(C(=O)Cc2cccc(CN=C(NC(=O)OC(C)(C)C)OC)c2)nc1. The molecule has 135 heavy (non-hydrogen) atoms. The number of hydrogen-bond acceptors (Lipinski definition) is 32. The topological polar surface area (TPSA) is 604 Å². The standard InChI is InChI=1S/C22H24N4O4.C17H16N4O2.C14H19N3O5.C14H21N3O3.C9H11N3O3.C8H7N3O2.C7H8N2O2.ClH/c1-22(2,3)30-21(28)26-20(29-5)25-13-16-8-6-7-15(11-16)12-19(27)18-10-9-17(23-4)14-24-18;1-19-14-6-7-15(20-11-14)16(22)9-12-4-3-5-13(8-12)10-21-17(18)23-2;1-14(2,3)22-13(18)16-12(21-4)15-9-10-6-5-7-11(8-10)17(19)20;1-14(2,3)20-13(18)17-12(19-4)16-9-10-6-5-7-11(15)8-10;1-15-9(10)11-6-7-3-2-4-8(5-7)12(13)14;9-6-10-5-7-2-1-3-8(4-7)11(12)13;8-5-6-2-1-3-7(4-6)9(10)11;/h6-11,14H,12-13H2,1-3,5H3,(H,25,26,28);3-8,11H,9-10H2,2H3,(H2,18,21);5-8H,9H2,1-4H3,(H,15,16,18);5-8H,9,15H2,1-4H3,(H,16,17,18);2-5H,6H2,1H3,(H2,10,11);1-4,10H,5H2;1-4H,5,8H2;1H. The van der Waals surface area contributed by atoms with Crippen LogP contribution in [0.15, 0.2) is 231 Å². The quantitative estimate of drug-likeness (QED) is 0.00282. The molecular weight excluding hydrogens is 1770 g/mol. The zero-order valence-corrected chi connectivity index (χ0v) is 77.4. The fourth-order valence-electron chi connectivity index (χ4n) is 10.0. The number of ketones is 2. The first-order chi connectivity index (χ1) is 63.4. The molecule has 0 atom stereocenters. The molecule has 0 spiro atoms. The van der Waals surface area contributed by atoms with Crippen LogP contribution >= 0.6 is 12.4 Å². The number of nitrogens with zero attached hydrogens (tertiary/aromatic N) is 14. The van der Waals surface area contributed by atoms with E-state index in [1.807, 2.05) is 66.7 Å². The van der Waals surface area contributed by atoms with Gasteiger partial charge in [0.1, 0.15) is 28.2 Å². The molecule has 0 aliphatic heterocycles. The van der Waals surface area contributed by atoms with Crippen LogP contribution in [-0.2, 0) is 96.5 Å². The summed E-state index contributed by atoms with van der Waals surface area (Å²) in [5, 5.41) is 59.6. The largest absolute Gasteiger partial charge is 0.469 e. The van der Waals surface area contributed by atoms with E-state index in [-0.39, 0.29) is 109 Å². The average Bonchev–Trinajstić information content (AvgIpc) is 0.838. The first-order valence-electron chi connectivity index (χ1n) is 39.9. The van der Waals surface area contributed by atoms with E-state index in [4.69, 9.17) is 74.5 Å². The van der Waals surface area contributed by atoms with Gasteiger partial charge in [-0.3, -0.25) is 60.0 Å². The molecule has 0 aliphatic carbocycles. The predicted molar refractivity (Wildman–Crippen MR) is 508 cm³/mol. The minimum Gasteiger partial charge on any atom is -0.469 e. The van der Waals surface area contributed by atoms with Gasteiger partial charge in [0, 0.05) is 86.0 Å². The molecule has 44 heteroatoms. The van der Waals surface area contributed by atoms with Crippen LogP contribution in [0.25, 0.3) is 9.69 Å². The van der Waals surface area contributed by atoms with E-state index in [1.165, 1.54) is 96.5 Å². The molecule has 0 unspecified atom stereocenters. The summed E-state index contributed by atoms with van der Waals surface area (Å²) in [6, 6.07) is 53.6. The number of methoxy groups -OCH3 is 5. The number of hydrogen-bond donors (Lipinski definition) is 8.